The van der Waals surface area contributed by atoms with E-state index in [1.54, 1.807) is 0 Å². The zero-order valence-electron chi connectivity index (χ0n) is 22.3. The minimum atomic E-state index is -2.01. The van der Waals surface area contributed by atoms with Gasteiger partial charge in [0.15, 0.2) is 6.87 Å². The summed E-state index contributed by atoms with van der Waals surface area (Å²) >= 11 is 0. The average Bonchev–Trinajstić information content (AvgIpc) is 2.35. The van der Waals surface area contributed by atoms with Gasteiger partial charge in [0.25, 0.3) is 0 Å². The lowest BCUT2D eigenvalue weighted by atomic mass is 9.82. The van der Waals surface area contributed by atoms with Crippen molar-refractivity contribution in [2.75, 3.05) is 0 Å². The lowest BCUT2D eigenvalue weighted by molar-refractivity contribution is -0.125. The van der Waals surface area contributed by atoms with E-state index < -0.39 is 35.7 Å². The molecular weight excluding hydrogens is 425 g/mol. The second-order valence-corrected chi connectivity index (χ2v) is 53.7. The minimum Gasteiger partial charge on any atom is -0.422 e. The Kier molecular flexibility index (Phi) is 9.28. The highest BCUT2D eigenvalue weighted by Gasteiger charge is 2.65. The van der Waals surface area contributed by atoms with Crippen LogP contribution in [0.4, 0.5) is 0 Å². The first-order valence-electron chi connectivity index (χ1n) is 11.3. The highest BCUT2D eigenvalue weighted by molar-refractivity contribution is 7.87. The van der Waals surface area contributed by atoms with Crippen LogP contribution in [0.5, 0.6) is 0 Å². The van der Waals surface area contributed by atoms with Gasteiger partial charge in [-0.25, -0.2) is 0 Å². The summed E-state index contributed by atoms with van der Waals surface area (Å²) in [5.41, 5.74) is -0.374. The standard InChI is InChI=1S/C22H52O3Si4/c1-21(2,3)19(24)16-18(23)17-20(22(4,5)6)25-29(26(7,8)9,27(10,11)12)28(13,14)15/h19-20,24H,16-17H2,1-15H3/t19-,20-/m0/s1. The van der Waals surface area contributed by atoms with Crippen molar-refractivity contribution >= 4 is 35.4 Å². The van der Waals surface area contributed by atoms with Gasteiger partial charge >= 0.3 is 0 Å². The maximum absolute atomic E-state index is 13.0. The summed E-state index contributed by atoms with van der Waals surface area (Å²) in [6.45, 7) is 33.2. The SMILES string of the molecule is CC(C)(C)[C@H](CC(=O)C[C@H](O)C(C)(C)C)O[Si]([Si](C)(C)C)([Si](C)(C)C)[Si](C)(C)C. The molecule has 0 unspecified atom stereocenters. The molecule has 0 aliphatic carbocycles. The second kappa shape index (κ2) is 9.14. The molecule has 0 aromatic carbocycles. The van der Waals surface area contributed by atoms with Gasteiger partial charge in [0.2, 0.25) is 0 Å². The van der Waals surface area contributed by atoms with Gasteiger partial charge in [0.05, 0.1) is 35.0 Å². The fourth-order valence-electron chi connectivity index (χ4n) is 5.46. The van der Waals surface area contributed by atoms with Gasteiger partial charge in [-0.3, -0.25) is 4.79 Å². The molecule has 0 aromatic rings. The summed E-state index contributed by atoms with van der Waals surface area (Å²) in [6.07, 6.45) is -0.0336. The Balaban J connectivity index is 6.16. The third-order valence-electron chi connectivity index (χ3n) is 6.29. The number of rotatable bonds is 9. The monoisotopic (exact) mass is 476 g/mol. The zero-order chi connectivity index (χ0) is 23.9. The Morgan fingerprint density at radius 1 is 0.724 bits per heavy atom. The van der Waals surface area contributed by atoms with Crippen LogP contribution in [-0.2, 0) is 9.22 Å². The van der Waals surface area contributed by atoms with Crippen molar-refractivity contribution in [2.45, 2.75) is 126 Å². The molecule has 0 aliphatic heterocycles. The van der Waals surface area contributed by atoms with Crippen LogP contribution in [0.2, 0.25) is 58.9 Å². The Bertz CT molecular complexity index is 519. The number of aliphatic hydroxyl groups is 1. The Labute approximate surface area is 185 Å². The fraction of sp³-hybridized carbons (Fsp3) is 0.955. The van der Waals surface area contributed by atoms with Crippen molar-refractivity contribution in [1.29, 1.82) is 0 Å². The molecule has 174 valence electrons. The van der Waals surface area contributed by atoms with E-state index >= 15 is 0 Å². The predicted molar refractivity (Wildman–Crippen MR) is 140 cm³/mol. The van der Waals surface area contributed by atoms with Gasteiger partial charge in [0.1, 0.15) is 5.78 Å². The Hall–Kier alpha value is 0.458. The zero-order valence-corrected chi connectivity index (χ0v) is 26.3. The second-order valence-electron chi connectivity index (χ2n) is 14.2. The number of hydrogen-bond acceptors (Lipinski definition) is 3. The molecule has 7 heteroatoms. The molecule has 0 aromatic heterocycles. The van der Waals surface area contributed by atoms with E-state index in [1.165, 1.54) is 0 Å². The van der Waals surface area contributed by atoms with Crippen LogP contribution in [0.15, 0.2) is 0 Å². The summed E-state index contributed by atoms with van der Waals surface area (Å²) in [4.78, 5) is 13.0. The van der Waals surface area contributed by atoms with Crippen molar-refractivity contribution in [3.8, 4) is 0 Å². The highest BCUT2D eigenvalue weighted by atomic mass is 29.9. The van der Waals surface area contributed by atoms with E-state index in [0.717, 1.165) is 0 Å². The molecule has 0 heterocycles. The third kappa shape index (κ3) is 7.24. The van der Waals surface area contributed by atoms with E-state index in [1.807, 2.05) is 20.8 Å². The predicted octanol–water partition coefficient (Wildman–Crippen LogP) is 6.37. The Morgan fingerprint density at radius 3 is 1.31 bits per heavy atom. The fourth-order valence-corrected chi connectivity index (χ4v) is 99.6. The number of aliphatic hydroxyl groups excluding tert-OH is 1. The van der Waals surface area contributed by atoms with Crippen LogP contribution in [0.25, 0.3) is 0 Å². The van der Waals surface area contributed by atoms with Crippen LogP contribution < -0.4 is 0 Å². The van der Waals surface area contributed by atoms with Crippen molar-refractivity contribution in [3.05, 3.63) is 0 Å². The van der Waals surface area contributed by atoms with Gasteiger partial charge in [-0.15, -0.1) is 0 Å². The number of ketones is 1. The molecule has 29 heavy (non-hydrogen) atoms. The molecule has 3 nitrogen and oxygen atoms in total. The quantitative estimate of drug-likeness (QED) is 0.393. The lowest BCUT2D eigenvalue weighted by Crippen LogP contribution is -2.85. The highest BCUT2D eigenvalue weighted by Crippen LogP contribution is 2.42. The first-order valence-corrected chi connectivity index (χ1v) is 26.7. The topological polar surface area (TPSA) is 46.5 Å². The van der Waals surface area contributed by atoms with E-state index in [4.69, 9.17) is 4.43 Å². The Morgan fingerprint density at radius 2 is 1.07 bits per heavy atom. The van der Waals surface area contributed by atoms with Crippen molar-refractivity contribution < 1.29 is 14.3 Å². The molecular formula is C22H52O3Si4. The van der Waals surface area contributed by atoms with Gasteiger partial charge in [-0.2, -0.15) is 0 Å². The van der Waals surface area contributed by atoms with Crippen LogP contribution in [-0.4, -0.2) is 52.7 Å². The van der Waals surface area contributed by atoms with Gasteiger partial charge in [0, 0.05) is 12.8 Å². The lowest BCUT2D eigenvalue weighted by Gasteiger charge is -2.58. The maximum atomic E-state index is 13.0. The maximum Gasteiger partial charge on any atom is 0.158 e. The van der Waals surface area contributed by atoms with Crippen LogP contribution in [0.3, 0.4) is 0 Å². The largest absolute Gasteiger partial charge is 0.422 e. The van der Waals surface area contributed by atoms with Crippen molar-refractivity contribution in [1.82, 2.24) is 0 Å². The summed E-state index contributed by atoms with van der Waals surface area (Å²) in [7, 11) is -4.75. The molecule has 0 saturated carbocycles. The summed E-state index contributed by atoms with van der Waals surface area (Å²) in [5, 5.41) is 10.5. The van der Waals surface area contributed by atoms with Gasteiger partial charge in [-0.1, -0.05) is 100 Å². The molecule has 0 radical (unpaired) electrons. The van der Waals surface area contributed by atoms with Crippen LogP contribution in [0, 0.1) is 10.8 Å². The molecule has 0 saturated heterocycles. The molecule has 0 amide bonds. The van der Waals surface area contributed by atoms with E-state index in [9.17, 15) is 9.90 Å². The van der Waals surface area contributed by atoms with E-state index in [2.05, 4.69) is 79.7 Å². The third-order valence-corrected chi connectivity index (χ3v) is 73.8. The number of hydrogen-bond donors (Lipinski definition) is 1. The normalized spacial score (nSPS) is 17.2. The van der Waals surface area contributed by atoms with Gasteiger partial charge in [-0.05, 0) is 10.8 Å². The molecule has 0 rings (SSSR count). The first kappa shape index (κ1) is 29.5. The van der Waals surface area contributed by atoms with E-state index in [-0.39, 0.29) is 29.1 Å². The summed E-state index contributed by atoms with van der Waals surface area (Å²) in [5.74, 6) is 0.136. The molecule has 0 spiro atoms. The smallest absolute Gasteiger partial charge is 0.158 e. The first-order chi connectivity index (χ1) is 12.4. The van der Waals surface area contributed by atoms with Crippen molar-refractivity contribution in [2.24, 2.45) is 10.8 Å². The molecule has 2 atom stereocenters. The molecule has 0 bridgehead atoms. The van der Waals surface area contributed by atoms with Crippen LogP contribution in [0.1, 0.15) is 54.4 Å². The molecule has 0 fully saturated rings. The summed E-state index contributed by atoms with van der Waals surface area (Å²) < 4.78 is 7.46. The number of carbonyl (C=O) groups excluding carboxylic acids is 1. The van der Waals surface area contributed by atoms with E-state index in [0.29, 0.717) is 6.42 Å². The average molecular weight is 477 g/mol. The molecule has 0 aliphatic rings. The summed E-state index contributed by atoms with van der Waals surface area (Å²) in [6, 6.07) is 0. The van der Waals surface area contributed by atoms with Crippen LogP contribution >= 0.6 is 0 Å². The van der Waals surface area contributed by atoms with Crippen molar-refractivity contribution in [3.63, 3.8) is 0 Å². The minimum absolute atomic E-state index is 0.0704. The van der Waals surface area contributed by atoms with Gasteiger partial charge < -0.3 is 9.53 Å². The number of Topliss-reactive ketones (excluding diaryl/α,β-unsaturated/α-hetero) is 1. The number of carbonyl (C=O) groups is 1. The molecule has 1 N–H and O–H groups in total.